The average Bonchev–Trinajstić information content (AvgIpc) is 2.38. The first kappa shape index (κ1) is 17.0. The van der Waals surface area contributed by atoms with Crippen molar-refractivity contribution in [3.63, 3.8) is 0 Å². The van der Waals surface area contributed by atoms with E-state index in [9.17, 15) is 4.39 Å². The first-order valence-electron chi connectivity index (χ1n) is 6.18. The molecule has 0 aromatic heterocycles. The van der Waals surface area contributed by atoms with Gasteiger partial charge >= 0.3 is 0 Å². The maximum absolute atomic E-state index is 12.8. The molecule has 1 saturated heterocycles. The highest BCUT2D eigenvalue weighted by Gasteiger charge is 2.25. The lowest BCUT2D eigenvalue weighted by Gasteiger charge is -2.35. The summed E-state index contributed by atoms with van der Waals surface area (Å²) in [7, 11) is 0. The molecule has 19 heavy (non-hydrogen) atoms. The fraction of sp³-hybridized carbons (Fsp3) is 0.538. The van der Waals surface area contributed by atoms with Gasteiger partial charge in [0.15, 0.2) is 0 Å². The second-order valence-corrected chi connectivity index (χ2v) is 5.23. The minimum Gasteiger partial charge on any atom is -0.314 e. The molecule has 0 aliphatic carbocycles. The molecule has 1 N–H and O–H groups in total. The average molecular weight is 328 g/mol. The Hall–Kier alpha value is -0.0600. The summed E-state index contributed by atoms with van der Waals surface area (Å²) < 4.78 is 12.8. The third kappa shape index (κ3) is 4.20. The van der Waals surface area contributed by atoms with Crippen molar-refractivity contribution in [1.29, 1.82) is 0 Å². The van der Waals surface area contributed by atoms with Gasteiger partial charge in [0, 0.05) is 47.8 Å². The minimum atomic E-state index is -0.365. The molecule has 6 heteroatoms. The molecule has 1 aromatic rings. The van der Waals surface area contributed by atoms with Gasteiger partial charge in [-0.3, -0.25) is 9.29 Å². The van der Waals surface area contributed by atoms with Crippen LogP contribution < -0.4 is 5.32 Å². The lowest BCUT2D eigenvalue weighted by Crippen LogP contribution is -2.45. The second kappa shape index (κ2) is 8.28. The third-order valence-electron chi connectivity index (χ3n) is 3.31. The Morgan fingerprint density at radius 1 is 1.21 bits per heavy atom. The predicted octanol–water partition coefficient (Wildman–Crippen LogP) is 3.72. The molecule has 0 radical (unpaired) electrons. The SMILES string of the molecule is Cl.FCC[C@@H](c1c(Cl)cccc1Cl)N1CCNCC1. The van der Waals surface area contributed by atoms with E-state index in [0.717, 1.165) is 31.7 Å². The summed E-state index contributed by atoms with van der Waals surface area (Å²) >= 11 is 12.5. The molecule has 0 unspecified atom stereocenters. The van der Waals surface area contributed by atoms with Crippen LogP contribution >= 0.6 is 35.6 Å². The Kier molecular flexibility index (Phi) is 7.40. The van der Waals surface area contributed by atoms with Gasteiger partial charge < -0.3 is 5.32 Å². The zero-order valence-corrected chi connectivity index (χ0v) is 12.9. The molecule has 0 spiro atoms. The highest BCUT2D eigenvalue weighted by atomic mass is 35.5. The van der Waals surface area contributed by atoms with Crippen LogP contribution in [0.3, 0.4) is 0 Å². The van der Waals surface area contributed by atoms with Crippen molar-refractivity contribution >= 4 is 35.6 Å². The Balaban J connectivity index is 0.00000180. The first-order chi connectivity index (χ1) is 8.74. The number of hydrogen-bond acceptors (Lipinski definition) is 2. The number of hydrogen-bond donors (Lipinski definition) is 1. The van der Waals surface area contributed by atoms with Crippen LogP contribution in [0.25, 0.3) is 0 Å². The maximum Gasteiger partial charge on any atom is 0.0912 e. The van der Waals surface area contributed by atoms with Gasteiger partial charge in [0.2, 0.25) is 0 Å². The van der Waals surface area contributed by atoms with Gasteiger partial charge in [-0.05, 0) is 18.6 Å². The molecular weight excluding hydrogens is 310 g/mol. The van der Waals surface area contributed by atoms with E-state index in [1.807, 2.05) is 18.2 Å². The van der Waals surface area contributed by atoms with Crippen LogP contribution in [0.2, 0.25) is 10.0 Å². The number of halogens is 4. The van der Waals surface area contributed by atoms with Gasteiger partial charge in [-0.15, -0.1) is 12.4 Å². The summed E-state index contributed by atoms with van der Waals surface area (Å²) in [5, 5.41) is 4.54. The molecular formula is C13H18Cl3FN2. The van der Waals surface area contributed by atoms with E-state index in [0.29, 0.717) is 16.5 Å². The van der Waals surface area contributed by atoms with Gasteiger partial charge in [0.05, 0.1) is 6.67 Å². The van der Waals surface area contributed by atoms with Crippen LogP contribution in [0.1, 0.15) is 18.0 Å². The molecule has 2 rings (SSSR count). The number of piperazine rings is 1. The molecule has 0 bridgehead atoms. The monoisotopic (exact) mass is 326 g/mol. The standard InChI is InChI=1S/C13H17Cl2FN2.ClH/c14-10-2-1-3-11(15)13(10)12(4-5-16)18-8-6-17-7-9-18;/h1-3,12,17H,4-9H2;1H/t12-;/m0./s1. The summed E-state index contributed by atoms with van der Waals surface area (Å²) in [6.45, 7) is 3.27. The lowest BCUT2D eigenvalue weighted by atomic mass is 10.0. The molecule has 1 fully saturated rings. The number of benzene rings is 1. The van der Waals surface area contributed by atoms with Crippen molar-refractivity contribution in [3.8, 4) is 0 Å². The molecule has 1 aliphatic heterocycles. The van der Waals surface area contributed by atoms with Gasteiger partial charge in [0.1, 0.15) is 0 Å². The summed E-state index contributed by atoms with van der Waals surface area (Å²) in [4.78, 5) is 2.25. The van der Waals surface area contributed by atoms with Gasteiger partial charge in [0.25, 0.3) is 0 Å². The number of nitrogens with one attached hydrogen (secondary N) is 1. The number of alkyl halides is 1. The predicted molar refractivity (Wildman–Crippen MR) is 81.5 cm³/mol. The van der Waals surface area contributed by atoms with Crippen molar-refractivity contribution < 1.29 is 4.39 Å². The Morgan fingerprint density at radius 3 is 2.32 bits per heavy atom. The zero-order chi connectivity index (χ0) is 13.0. The Bertz CT molecular complexity index is 377. The number of rotatable bonds is 4. The summed E-state index contributed by atoms with van der Waals surface area (Å²) in [6.07, 6.45) is 0.434. The van der Waals surface area contributed by atoms with E-state index in [1.165, 1.54) is 0 Å². The summed E-state index contributed by atoms with van der Waals surface area (Å²) in [6, 6.07) is 5.42. The van der Waals surface area contributed by atoms with Gasteiger partial charge in [-0.25, -0.2) is 0 Å². The highest BCUT2D eigenvalue weighted by molar-refractivity contribution is 6.36. The minimum absolute atomic E-state index is 0. The van der Waals surface area contributed by atoms with Crippen LogP contribution in [0, 0.1) is 0 Å². The molecule has 1 aromatic carbocycles. The quantitative estimate of drug-likeness (QED) is 0.906. The Labute approximate surface area is 129 Å². The zero-order valence-electron chi connectivity index (χ0n) is 10.5. The van der Waals surface area contributed by atoms with Crippen LogP contribution in [0.5, 0.6) is 0 Å². The van der Waals surface area contributed by atoms with E-state index in [2.05, 4.69) is 10.2 Å². The molecule has 2 nitrogen and oxygen atoms in total. The third-order valence-corrected chi connectivity index (χ3v) is 3.97. The van der Waals surface area contributed by atoms with Crippen molar-refractivity contribution in [3.05, 3.63) is 33.8 Å². The molecule has 1 aliphatic rings. The van der Waals surface area contributed by atoms with E-state index >= 15 is 0 Å². The molecule has 1 atom stereocenters. The molecule has 108 valence electrons. The fourth-order valence-corrected chi connectivity index (χ4v) is 3.09. The Morgan fingerprint density at radius 2 is 1.79 bits per heavy atom. The molecule has 0 amide bonds. The fourth-order valence-electron chi connectivity index (χ4n) is 2.44. The van der Waals surface area contributed by atoms with Crippen LogP contribution in [-0.4, -0.2) is 37.8 Å². The summed E-state index contributed by atoms with van der Waals surface area (Å²) in [5.41, 5.74) is 0.861. The van der Waals surface area contributed by atoms with Crippen molar-refractivity contribution in [1.82, 2.24) is 10.2 Å². The van der Waals surface area contributed by atoms with E-state index in [-0.39, 0.29) is 25.1 Å². The van der Waals surface area contributed by atoms with Crippen molar-refractivity contribution in [2.24, 2.45) is 0 Å². The highest BCUT2D eigenvalue weighted by Crippen LogP contribution is 2.35. The normalized spacial score (nSPS) is 17.8. The van der Waals surface area contributed by atoms with Crippen molar-refractivity contribution in [2.45, 2.75) is 12.5 Å². The second-order valence-electron chi connectivity index (χ2n) is 4.41. The largest absolute Gasteiger partial charge is 0.314 e. The van der Waals surface area contributed by atoms with Gasteiger partial charge in [-0.2, -0.15) is 0 Å². The van der Waals surface area contributed by atoms with Gasteiger partial charge in [-0.1, -0.05) is 29.3 Å². The molecule has 1 heterocycles. The van der Waals surface area contributed by atoms with Crippen LogP contribution in [-0.2, 0) is 0 Å². The first-order valence-corrected chi connectivity index (χ1v) is 6.94. The summed E-state index contributed by atoms with van der Waals surface area (Å²) in [5.74, 6) is 0. The van der Waals surface area contributed by atoms with E-state index in [4.69, 9.17) is 23.2 Å². The lowest BCUT2D eigenvalue weighted by molar-refractivity contribution is 0.157. The van der Waals surface area contributed by atoms with Crippen LogP contribution in [0.15, 0.2) is 18.2 Å². The molecule has 0 saturated carbocycles. The van der Waals surface area contributed by atoms with E-state index in [1.54, 1.807) is 0 Å². The van der Waals surface area contributed by atoms with E-state index < -0.39 is 0 Å². The van der Waals surface area contributed by atoms with Crippen LogP contribution in [0.4, 0.5) is 4.39 Å². The smallest absolute Gasteiger partial charge is 0.0912 e. The van der Waals surface area contributed by atoms with Crippen molar-refractivity contribution in [2.75, 3.05) is 32.9 Å². The number of nitrogens with zero attached hydrogens (tertiary/aromatic N) is 1. The maximum atomic E-state index is 12.8. The topological polar surface area (TPSA) is 15.3 Å².